The van der Waals surface area contributed by atoms with Crippen molar-refractivity contribution in [3.05, 3.63) is 0 Å². The highest BCUT2D eigenvalue weighted by Crippen LogP contribution is 2.12. The molecule has 0 bridgehead atoms. The first-order valence-electron chi connectivity index (χ1n) is 5.03. The van der Waals surface area contributed by atoms with E-state index in [-0.39, 0.29) is 25.0 Å². The number of halogens is 2. The Balaban J connectivity index is 2.49. The maximum absolute atomic E-state index is 12.2. The number of amides is 1. The topological polar surface area (TPSA) is 52.6 Å². The summed E-state index contributed by atoms with van der Waals surface area (Å²) in [4.78, 5) is 12.8. The molecule has 0 aliphatic carbocycles. The van der Waals surface area contributed by atoms with Crippen molar-refractivity contribution < 1.29 is 18.7 Å². The molecule has 1 aliphatic rings. The molecular formula is C9H16F2N2O2. The van der Waals surface area contributed by atoms with E-state index in [1.807, 2.05) is 0 Å². The SMILES string of the molecule is O=C(C1CCNC1)N(CCO)CC(F)F. The number of nitrogens with zero attached hydrogens (tertiary/aromatic N) is 1. The van der Waals surface area contributed by atoms with E-state index in [9.17, 15) is 13.6 Å². The molecule has 6 heteroatoms. The molecule has 1 saturated heterocycles. The predicted octanol–water partition coefficient (Wildman–Crippen LogP) is -0.318. The first kappa shape index (κ1) is 12.3. The van der Waals surface area contributed by atoms with Crippen molar-refractivity contribution in [3.8, 4) is 0 Å². The Labute approximate surface area is 87.2 Å². The van der Waals surface area contributed by atoms with Crippen LogP contribution in [0, 0.1) is 5.92 Å². The molecule has 0 saturated carbocycles. The van der Waals surface area contributed by atoms with Gasteiger partial charge in [0.05, 0.1) is 19.1 Å². The van der Waals surface area contributed by atoms with Crippen LogP contribution in [0.5, 0.6) is 0 Å². The first-order valence-corrected chi connectivity index (χ1v) is 5.03. The molecule has 2 N–H and O–H groups in total. The summed E-state index contributed by atoms with van der Waals surface area (Å²) in [6.07, 6.45) is -1.86. The number of rotatable bonds is 5. The van der Waals surface area contributed by atoms with Crippen molar-refractivity contribution in [3.63, 3.8) is 0 Å². The van der Waals surface area contributed by atoms with E-state index in [0.717, 1.165) is 11.4 Å². The van der Waals surface area contributed by atoms with Gasteiger partial charge in [-0.2, -0.15) is 0 Å². The Kier molecular flexibility index (Phi) is 4.90. The highest BCUT2D eigenvalue weighted by atomic mass is 19.3. The standard InChI is InChI=1S/C9H16F2N2O2/c10-8(11)6-13(3-4-14)9(15)7-1-2-12-5-7/h7-8,12,14H,1-6H2. The van der Waals surface area contributed by atoms with Crippen molar-refractivity contribution in [2.24, 2.45) is 5.92 Å². The third kappa shape index (κ3) is 3.71. The van der Waals surface area contributed by atoms with Crippen LogP contribution in [0.4, 0.5) is 8.78 Å². The Bertz CT molecular complexity index is 208. The van der Waals surface area contributed by atoms with Crippen LogP contribution in [0.3, 0.4) is 0 Å². The van der Waals surface area contributed by atoms with E-state index in [2.05, 4.69) is 5.32 Å². The van der Waals surface area contributed by atoms with Crippen LogP contribution in [-0.2, 0) is 4.79 Å². The number of nitrogens with one attached hydrogen (secondary N) is 1. The number of hydrogen-bond donors (Lipinski definition) is 2. The zero-order valence-electron chi connectivity index (χ0n) is 8.46. The minimum absolute atomic E-state index is 0.0142. The second-order valence-corrected chi connectivity index (χ2v) is 3.59. The van der Waals surface area contributed by atoms with Gasteiger partial charge in [0.25, 0.3) is 6.43 Å². The van der Waals surface area contributed by atoms with Crippen LogP contribution < -0.4 is 5.32 Å². The molecule has 1 amide bonds. The second-order valence-electron chi connectivity index (χ2n) is 3.59. The third-order valence-electron chi connectivity index (χ3n) is 2.45. The molecule has 1 aliphatic heterocycles. The average molecular weight is 222 g/mol. The van der Waals surface area contributed by atoms with Crippen molar-refractivity contribution in [1.29, 1.82) is 0 Å². The Morgan fingerprint density at radius 3 is 2.80 bits per heavy atom. The van der Waals surface area contributed by atoms with Gasteiger partial charge in [0, 0.05) is 13.1 Å². The third-order valence-corrected chi connectivity index (χ3v) is 2.45. The van der Waals surface area contributed by atoms with Crippen molar-refractivity contribution in [2.45, 2.75) is 12.8 Å². The molecule has 0 aromatic heterocycles. The van der Waals surface area contributed by atoms with E-state index < -0.39 is 13.0 Å². The van der Waals surface area contributed by atoms with Crippen LogP contribution in [0.2, 0.25) is 0 Å². The maximum Gasteiger partial charge on any atom is 0.255 e. The Morgan fingerprint density at radius 1 is 1.60 bits per heavy atom. The molecule has 4 nitrogen and oxygen atoms in total. The van der Waals surface area contributed by atoms with Crippen molar-refractivity contribution >= 4 is 5.91 Å². The Hall–Kier alpha value is -0.750. The summed E-state index contributed by atoms with van der Waals surface area (Å²) >= 11 is 0. The quantitative estimate of drug-likeness (QED) is 0.670. The number of hydrogen-bond acceptors (Lipinski definition) is 3. The maximum atomic E-state index is 12.2. The van der Waals surface area contributed by atoms with Gasteiger partial charge in [0.15, 0.2) is 0 Å². The molecular weight excluding hydrogens is 206 g/mol. The molecule has 0 aromatic rings. The lowest BCUT2D eigenvalue weighted by Gasteiger charge is -2.24. The lowest BCUT2D eigenvalue weighted by molar-refractivity contribution is -0.137. The van der Waals surface area contributed by atoms with Crippen LogP contribution in [0.25, 0.3) is 0 Å². The Morgan fingerprint density at radius 2 is 2.33 bits per heavy atom. The summed E-state index contributed by atoms with van der Waals surface area (Å²) in [7, 11) is 0. The first-order chi connectivity index (χ1) is 7.15. The summed E-state index contributed by atoms with van der Waals surface area (Å²) in [5.41, 5.74) is 0. The van der Waals surface area contributed by atoms with Gasteiger partial charge < -0.3 is 15.3 Å². The van der Waals surface area contributed by atoms with Crippen LogP contribution >= 0.6 is 0 Å². The molecule has 1 rings (SSSR count). The molecule has 88 valence electrons. The molecule has 1 fully saturated rings. The van der Waals surface area contributed by atoms with E-state index in [1.165, 1.54) is 0 Å². The van der Waals surface area contributed by atoms with E-state index in [4.69, 9.17) is 5.11 Å². The van der Waals surface area contributed by atoms with Gasteiger partial charge in [0.2, 0.25) is 5.91 Å². The van der Waals surface area contributed by atoms with E-state index in [0.29, 0.717) is 13.0 Å². The minimum atomic E-state index is -2.55. The van der Waals surface area contributed by atoms with Gasteiger partial charge in [-0.05, 0) is 13.0 Å². The van der Waals surface area contributed by atoms with Gasteiger partial charge in [-0.3, -0.25) is 4.79 Å². The van der Waals surface area contributed by atoms with Crippen molar-refractivity contribution in [2.75, 3.05) is 32.8 Å². The van der Waals surface area contributed by atoms with E-state index >= 15 is 0 Å². The summed E-state index contributed by atoms with van der Waals surface area (Å²) in [6, 6.07) is 0. The van der Waals surface area contributed by atoms with Gasteiger partial charge in [0.1, 0.15) is 0 Å². The number of aliphatic hydroxyl groups is 1. The average Bonchev–Trinajstić information content (AvgIpc) is 2.68. The normalized spacial score (nSPS) is 20.9. The lowest BCUT2D eigenvalue weighted by Crippen LogP contribution is -2.41. The molecule has 1 unspecified atom stereocenters. The molecule has 0 aromatic carbocycles. The monoisotopic (exact) mass is 222 g/mol. The minimum Gasteiger partial charge on any atom is -0.395 e. The smallest absolute Gasteiger partial charge is 0.255 e. The van der Waals surface area contributed by atoms with Crippen LogP contribution in [0.15, 0.2) is 0 Å². The molecule has 1 heterocycles. The predicted molar refractivity (Wildman–Crippen MR) is 50.6 cm³/mol. The lowest BCUT2D eigenvalue weighted by atomic mass is 10.1. The highest BCUT2D eigenvalue weighted by molar-refractivity contribution is 5.79. The molecule has 0 radical (unpaired) electrons. The fraction of sp³-hybridized carbons (Fsp3) is 0.889. The van der Waals surface area contributed by atoms with Crippen molar-refractivity contribution in [1.82, 2.24) is 10.2 Å². The second kappa shape index (κ2) is 5.97. The number of carbonyl (C=O) groups excluding carboxylic acids is 1. The number of carbonyl (C=O) groups is 1. The summed E-state index contributed by atoms with van der Waals surface area (Å²) in [5.74, 6) is -0.496. The highest BCUT2D eigenvalue weighted by Gasteiger charge is 2.28. The van der Waals surface area contributed by atoms with E-state index in [1.54, 1.807) is 0 Å². The molecule has 1 atom stereocenters. The molecule has 0 spiro atoms. The number of alkyl halides is 2. The summed E-state index contributed by atoms with van der Waals surface area (Å²) in [6.45, 7) is 0.413. The zero-order chi connectivity index (χ0) is 11.3. The number of aliphatic hydroxyl groups excluding tert-OH is 1. The zero-order valence-corrected chi connectivity index (χ0v) is 8.46. The summed E-state index contributed by atoms with van der Waals surface area (Å²) in [5, 5.41) is 11.7. The van der Waals surface area contributed by atoms with Crippen LogP contribution in [0.1, 0.15) is 6.42 Å². The fourth-order valence-corrected chi connectivity index (χ4v) is 1.70. The van der Waals surface area contributed by atoms with Gasteiger partial charge in [-0.1, -0.05) is 0 Å². The summed E-state index contributed by atoms with van der Waals surface area (Å²) < 4.78 is 24.3. The van der Waals surface area contributed by atoms with Gasteiger partial charge in [-0.15, -0.1) is 0 Å². The fourth-order valence-electron chi connectivity index (χ4n) is 1.70. The van der Waals surface area contributed by atoms with Gasteiger partial charge in [-0.25, -0.2) is 8.78 Å². The largest absolute Gasteiger partial charge is 0.395 e. The molecule has 15 heavy (non-hydrogen) atoms. The van der Waals surface area contributed by atoms with Gasteiger partial charge >= 0.3 is 0 Å². The van der Waals surface area contributed by atoms with Crippen LogP contribution in [-0.4, -0.2) is 55.1 Å².